The molecule has 1 saturated carbocycles. The number of carbonyl (C=O) groups is 2. The van der Waals surface area contributed by atoms with Crippen LogP contribution in [0.1, 0.15) is 37.3 Å². The van der Waals surface area contributed by atoms with E-state index in [1.165, 1.54) is 6.07 Å². The lowest BCUT2D eigenvalue weighted by Gasteiger charge is -2.22. The van der Waals surface area contributed by atoms with E-state index in [1.807, 2.05) is 13.8 Å². The van der Waals surface area contributed by atoms with Gasteiger partial charge in [-0.25, -0.2) is 13.1 Å². The van der Waals surface area contributed by atoms with Crippen LogP contribution >= 0.6 is 11.6 Å². The van der Waals surface area contributed by atoms with Crippen LogP contribution in [0, 0.1) is 12.8 Å². The number of carbonyl (C=O) groups excluding carboxylic acids is 2. The molecule has 170 valence electrons. The van der Waals surface area contributed by atoms with Gasteiger partial charge in [-0.05, 0) is 74.6 Å². The van der Waals surface area contributed by atoms with Crippen molar-refractivity contribution in [2.45, 2.75) is 50.5 Å². The van der Waals surface area contributed by atoms with Gasteiger partial charge in [-0.15, -0.1) is 0 Å². The van der Waals surface area contributed by atoms with Gasteiger partial charge in [0, 0.05) is 41.3 Å². The van der Waals surface area contributed by atoms with Crippen LogP contribution in [-0.4, -0.2) is 32.8 Å². The lowest BCUT2D eigenvalue weighted by atomic mass is 10.1. The highest BCUT2D eigenvalue weighted by atomic mass is 35.5. The van der Waals surface area contributed by atoms with Gasteiger partial charge in [-0.1, -0.05) is 17.7 Å². The molecule has 2 aromatic carbocycles. The summed E-state index contributed by atoms with van der Waals surface area (Å²) in [6.45, 7) is 3.79. The molecule has 9 heteroatoms. The Morgan fingerprint density at radius 1 is 1.16 bits per heavy atom. The first-order valence-electron chi connectivity index (χ1n) is 10.7. The van der Waals surface area contributed by atoms with Crippen LogP contribution in [0.15, 0.2) is 41.3 Å². The Morgan fingerprint density at radius 2 is 1.91 bits per heavy atom. The summed E-state index contributed by atoms with van der Waals surface area (Å²) in [5.74, 6) is -0.0728. The normalized spacial score (nSPS) is 17.8. The number of amides is 2. The molecule has 1 heterocycles. The Morgan fingerprint density at radius 3 is 2.62 bits per heavy atom. The summed E-state index contributed by atoms with van der Waals surface area (Å²) in [5, 5.41) is 3.26. The molecule has 7 nitrogen and oxygen atoms in total. The molecule has 1 fully saturated rings. The Bertz CT molecular complexity index is 1180. The smallest absolute Gasteiger partial charge is 0.240 e. The van der Waals surface area contributed by atoms with Gasteiger partial charge in [-0.3, -0.25) is 9.59 Å². The van der Waals surface area contributed by atoms with Crippen LogP contribution in [0.4, 0.5) is 11.4 Å². The first-order valence-corrected chi connectivity index (χ1v) is 12.5. The molecule has 2 N–H and O–H groups in total. The van der Waals surface area contributed by atoms with Crippen molar-refractivity contribution in [2.24, 2.45) is 5.92 Å². The molecule has 2 aliphatic rings. The van der Waals surface area contributed by atoms with Gasteiger partial charge in [0.25, 0.3) is 0 Å². The minimum atomic E-state index is -3.78. The lowest BCUT2D eigenvalue weighted by Crippen LogP contribution is -2.36. The number of halogens is 1. The zero-order chi connectivity index (χ0) is 23.0. The highest BCUT2D eigenvalue weighted by Gasteiger charge is 2.39. The number of hydrogen-bond donors (Lipinski definition) is 2. The highest BCUT2D eigenvalue weighted by Crippen LogP contribution is 2.39. The Labute approximate surface area is 193 Å². The minimum absolute atomic E-state index is 0.0163. The van der Waals surface area contributed by atoms with Crippen molar-refractivity contribution < 1.29 is 18.0 Å². The highest BCUT2D eigenvalue weighted by molar-refractivity contribution is 7.89. The van der Waals surface area contributed by atoms with E-state index >= 15 is 0 Å². The van der Waals surface area contributed by atoms with Gasteiger partial charge in [-0.2, -0.15) is 0 Å². The topological polar surface area (TPSA) is 95.6 Å². The fourth-order valence-corrected chi connectivity index (χ4v) is 5.22. The molecule has 4 rings (SSSR count). The molecule has 32 heavy (non-hydrogen) atoms. The second kappa shape index (κ2) is 8.84. The van der Waals surface area contributed by atoms with E-state index in [2.05, 4.69) is 10.0 Å². The zero-order valence-corrected chi connectivity index (χ0v) is 19.6. The number of hydrogen-bond acceptors (Lipinski definition) is 4. The van der Waals surface area contributed by atoms with Crippen LogP contribution in [0.5, 0.6) is 0 Å². The lowest BCUT2D eigenvalue weighted by molar-refractivity contribution is -0.120. The number of fused-ring (bicyclic) bond motifs is 1. The average molecular weight is 476 g/mol. The minimum Gasteiger partial charge on any atom is -0.326 e. The molecule has 2 aromatic rings. The Kier molecular flexibility index (Phi) is 6.29. The van der Waals surface area contributed by atoms with Gasteiger partial charge in [0.05, 0.1) is 4.90 Å². The van der Waals surface area contributed by atoms with E-state index in [-0.39, 0.29) is 41.6 Å². The van der Waals surface area contributed by atoms with Crippen LogP contribution in [0.3, 0.4) is 0 Å². The van der Waals surface area contributed by atoms with Gasteiger partial charge in [0.15, 0.2) is 0 Å². The average Bonchev–Trinajstić information content (AvgIpc) is 3.52. The van der Waals surface area contributed by atoms with E-state index in [1.54, 1.807) is 35.2 Å². The summed E-state index contributed by atoms with van der Waals surface area (Å²) in [4.78, 5) is 26.7. The van der Waals surface area contributed by atoms with E-state index in [4.69, 9.17) is 11.6 Å². The maximum Gasteiger partial charge on any atom is 0.240 e. The number of rotatable bonds is 7. The zero-order valence-electron chi connectivity index (χ0n) is 18.0. The van der Waals surface area contributed by atoms with Crippen molar-refractivity contribution in [2.75, 3.05) is 16.8 Å². The molecule has 0 bridgehead atoms. The predicted octanol–water partition coefficient (Wildman–Crippen LogP) is 3.64. The van der Waals surface area contributed by atoms with E-state index in [0.717, 1.165) is 29.7 Å². The summed E-state index contributed by atoms with van der Waals surface area (Å²) in [5.41, 5.74) is 3.11. The second-order valence-electron chi connectivity index (χ2n) is 8.48. The largest absolute Gasteiger partial charge is 0.326 e. The van der Waals surface area contributed by atoms with Crippen LogP contribution < -0.4 is 14.9 Å². The monoisotopic (exact) mass is 475 g/mol. The first-order chi connectivity index (χ1) is 15.2. The Balaban J connectivity index is 1.38. The van der Waals surface area contributed by atoms with Gasteiger partial charge < -0.3 is 10.2 Å². The quantitative estimate of drug-likeness (QED) is 0.639. The van der Waals surface area contributed by atoms with Gasteiger partial charge in [0.2, 0.25) is 21.8 Å². The number of nitrogens with zero attached hydrogens (tertiary/aromatic N) is 1. The molecule has 2 amide bonds. The van der Waals surface area contributed by atoms with Crippen molar-refractivity contribution in [3.05, 3.63) is 52.5 Å². The van der Waals surface area contributed by atoms with Crippen LogP contribution in [0.25, 0.3) is 0 Å². The van der Waals surface area contributed by atoms with E-state index in [9.17, 15) is 18.0 Å². The van der Waals surface area contributed by atoms with Crippen molar-refractivity contribution in [3.8, 4) is 0 Å². The summed E-state index contributed by atoms with van der Waals surface area (Å²) in [6.07, 6.45) is 2.46. The van der Waals surface area contributed by atoms with Gasteiger partial charge in [0.1, 0.15) is 0 Å². The van der Waals surface area contributed by atoms with Crippen molar-refractivity contribution in [1.82, 2.24) is 4.72 Å². The molecule has 0 saturated heterocycles. The summed E-state index contributed by atoms with van der Waals surface area (Å²) in [7, 11) is -3.78. The SMILES string of the molecule is Cc1ccc(Cl)cc1NC(=O)CCNS(=O)(=O)c1ccc2c(c1)CC(C)N2C(=O)C1CC1. The maximum absolute atomic E-state index is 12.7. The molecule has 1 aliphatic heterocycles. The molecular weight excluding hydrogens is 450 g/mol. The third-order valence-corrected chi connectivity index (χ3v) is 7.55. The fraction of sp³-hybridized carbons (Fsp3) is 0.391. The molecular formula is C23H26ClN3O4S. The van der Waals surface area contributed by atoms with Crippen LogP contribution in [0.2, 0.25) is 5.02 Å². The number of benzene rings is 2. The third kappa shape index (κ3) is 4.82. The molecule has 1 atom stereocenters. The molecule has 0 radical (unpaired) electrons. The number of aryl methyl sites for hydroxylation is 1. The Hall–Kier alpha value is -2.42. The molecule has 0 aromatic heterocycles. The molecule has 1 aliphatic carbocycles. The number of anilines is 2. The first kappa shape index (κ1) is 22.8. The third-order valence-electron chi connectivity index (χ3n) is 5.86. The van der Waals surface area contributed by atoms with E-state index < -0.39 is 10.0 Å². The van der Waals surface area contributed by atoms with Crippen molar-refractivity contribution in [1.29, 1.82) is 0 Å². The summed E-state index contributed by atoms with van der Waals surface area (Å²) < 4.78 is 28.0. The van der Waals surface area contributed by atoms with Gasteiger partial charge >= 0.3 is 0 Å². The number of sulfonamides is 1. The second-order valence-corrected chi connectivity index (χ2v) is 10.7. The van der Waals surface area contributed by atoms with Crippen LogP contribution in [-0.2, 0) is 26.0 Å². The fourth-order valence-electron chi connectivity index (χ4n) is 3.96. The van der Waals surface area contributed by atoms with E-state index in [0.29, 0.717) is 17.1 Å². The summed E-state index contributed by atoms with van der Waals surface area (Å²) >= 11 is 5.96. The number of nitrogens with one attached hydrogen (secondary N) is 2. The predicted molar refractivity (Wildman–Crippen MR) is 124 cm³/mol. The van der Waals surface area contributed by atoms with Crippen molar-refractivity contribution in [3.63, 3.8) is 0 Å². The molecule has 0 spiro atoms. The summed E-state index contributed by atoms with van der Waals surface area (Å²) in [6, 6.07) is 10.1. The molecule has 1 unspecified atom stereocenters. The maximum atomic E-state index is 12.7. The standard InChI is InChI=1S/C23H26ClN3O4S/c1-14-3-6-18(24)13-20(14)26-22(28)9-10-25-32(30,31)19-7-8-21-17(12-19)11-15(2)27(21)23(29)16-4-5-16/h3,6-8,12-13,15-16,25H,4-5,9-11H2,1-2H3,(H,26,28). The van der Waals surface area contributed by atoms with Crippen molar-refractivity contribution >= 4 is 44.8 Å².